The molecule has 1 rings (SSSR count). The maximum absolute atomic E-state index is 11.4. The van der Waals surface area contributed by atoms with Crippen molar-refractivity contribution >= 4 is 17.7 Å². The SMILES string of the molecule is CN(C)C(=O)CN1CC(C(N)=O)CC1=O. The lowest BCUT2D eigenvalue weighted by molar-refractivity contribution is -0.136. The van der Waals surface area contributed by atoms with Crippen LogP contribution in [0.25, 0.3) is 0 Å². The molecule has 1 heterocycles. The molecule has 1 aliphatic rings. The highest BCUT2D eigenvalue weighted by molar-refractivity contribution is 5.91. The number of nitrogens with zero attached hydrogens (tertiary/aromatic N) is 2. The van der Waals surface area contributed by atoms with Crippen molar-refractivity contribution in [3.8, 4) is 0 Å². The van der Waals surface area contributed by atoms with Gasteiger partial charge >= 0.3 is 0 Å². The van der Waals surface area contributed by atoms with E-state index in [0.29, 0.717) is 0 Å². The number of rotatable bonds is 3. The molecule has 1 unspecified atom stereocenters. The van der Waals surface area contributed by atoms with Crippen molar-refractivity contribution in [3.63, 3.8) is 0 Å². The molecular formula is C9H15N3O3. The van der Waals surface area contributed by atoms with Crippen LogP contribution < -0.4 is 5.73 Å². The van der Waals surface area contributed by atoms with Gasteiger partial charge in [0.05, 0.1) is 12.5 Å². The van der Waals surface area contributed by atoms with Crippen molar-refractivity contribution in [2.75, 3.05) is 27.2 Å². The number of carbonyl (C=O) groups is 3. The standard InChI is InChI=1S/C9H15N3O3/c1-11(2)8(14)5-12-4-6(9(10)15)3-7(12)13/h6H,3-5H2,1-2H3,(H2,10,15). The van der Waals surface area contributed by atoms with Gasteiger partial charge < -0.3 is 15.5 Å². The number of hydrogen-bond acceptors (Lipinski definition) is 3. The van der Waals surface area contributed by atoms with Gasteiger partial charge in [0.15, 0.2) is 0 Å². The normalized spacial score (nSPS) is 20.5. The van der Waals surface area contributed by atoms with E-state index in [0.717, 1.165) is 0 Å². The first kappa shape index (κ1) is 11.5. The maximum atomic E-state index is 11.4. The van der Waals surface area contributed by atoms with Gasteiger partial charge in [-0.15, -0.1) is 0 Å². The fourth-order valence-electron chi connectivity index (χ4n) is 1.42. The molecule has 3 amide bonds. The quantitative estimate of drug-likeness (QED) is 0.613. The lowest BCUT2D eigenvalue weighted by Crippen LogP contribution is -2.38. The van der Waals surface area contributed by atoms with Gasteiger partial charge in [-0.05, 0) is 0 Å². The number of primary amides is 1. The van der Waals surface area contributed by atoms with E-state index >= 15 is 0 Å². The van der Waals surface area contributed by atoms with Crippen LogP contribution in [0, 0.1) is 5.92 Å². The highest BCUT2D eigenvalue weighted by Crippen LogP contribution is 2.16. The van der Waals surface area contributed by atoms with E-state index in [2.05, 4.69) is 0 Å². The van der Waals surface area contributed by atoms with Crippen LogP contribution in [0.2, 0.25) is 0 Å². The third kappa shape index (κ3) is 2.68. The molecule has 84 valence electrons. The Morgan fingerprint density at radius 2 is 2.13 bits per heavy atom. The molecule has 1 saturated heterocycles. The molecule has 6 heteroatoms. The van der Waals surface area contributed by atoms with Crippen LogP contribution in [0.5, 0.6) is 0 Å². The zero-order chi connectivity index (χ0) is 11.6. The summed E-state index contributed by atoms with van der Waals surface area (Å²) in [4.78, 5) is 36.4. The zero-order valence-electron chi connectivity index (χ0n) is 8.90. The summed E-state index contributed by atoms with van der Waals surface area (Å²) in [7, 11) is 3.24. The summed E-state index contributed by atoms with van der Waals surface area (Å²) in [6, 6.07) is 0. The summed E-state index contributed by atoms with van der Waals surface area (Å²) in [6.45, 7) is 0.281. The van der Waals surface area contributed by atoms with Crippen molar-refractivity contribution < 1.29 is 14.4 Å². The van der Waals surface area contributed by atoms with Gasteiger partial charge in [0.2, 0.25) is 17.7 Å². The number of likely N-dealkylation sites (tertiary alicyclic amines) is 1. The largest absolute Gasteiger partial charge is 0.369 e. The Hall–Kier alpha value is -1.59. The zero-order valence-corrected chi connectivity index (χ0v) is 8.90. The summed E-state index contributed by atoms with van der Waals surface area (Å²) in [5.74, 6) is -1.28. The van der Waals surface area contributed by atoms with E-state index in [1.807, 2.05) is 0 Å². The highest BCUT2D eigenvalue weighted by atomic mass is 16.2. The summed E-state index contributed by atoms with van der Waals surface area (Å²) < 4.78 is 0. The van der Waals surface area contributed by atoms with Crippen LogP contribution in [0.15, 0.2) is 0 Å². The molecule has 0 saturated carbocycles. The summed E-state index contributed by atoms with van der Waals surface area (Å²) in [5, 5.41) is 0. The summed E-state index contributed by atoms with van der Waals surface area (Å²) >= 11 is 0. The van der Waals surface area contributed by atoms with E-state index in [1.54, 1.807) is 14.1 Å². The second-order valence-corrected chi connectivity index (χ2v) is 3.87. The maximum Gasteiger partial charge on any atom is 0.241 e. The smallest absolute Gasteiger partial charge is 0.241 e. The molecule has 0 aliphatic carbocycles. The van der Waals surface area contributed by atoms with E-state index < -0.39 is 11.8 Å². The second kappa shape index (κ2) is 4.29. The van der Waals surface area contributed by atoms with Gasteiger partial charge in [-0.3, -0.25) is 14.4 Å². The van der Waals surface area contributed by atoms with Gasteiger partial charge in [-0.1, -0.05) is 0 Å². The van der Waals surface area contributed by atoms with Crippen LogP contribution in [-0.4, -0.2) is 54.7 Å². The van der Waals surface area contributed by atoms with Crippen LogP contribution in [-0.2, 0) is 14.4 Å². The van der Waals surface area contributed by atoms with Crippen molar-refractivity contribution in [2.24, 2.45) is 11.7 Å². The molecule has 0 aromatic heterocycles. The Bertz CT molecular complexity index is 301. The van der Waals surface area contributed by atoms with E-state index in [-0.39, 0.29) is 31.3 Å². The second-order valence-electron chi connectivity index (χ2n) is 3.87. The third-order valence-corrected chi connectivity index (χ3v) is 2.44. The number of carbonyl (C=O) groups excluding carboxylic acids is 3. The Balaban J connectivity index is 2.55. The molecule has 2 N–H and O–H groups in total. The Morgan fingerprint density at radius 3 is 2.53 bits per heavy atom. The number of hydrogen-bond donors (Lipinski definition) is 1. The molecule has 0 spiro atoms. The first-order valence-electron chi connectivity index (χ1n) is 4.69. The van der Waals surface area contributed by atoms with E-state index in [4.69, 9.17) is 5.73 Å². The molecule has 0 aromatic rings. The number of amides is 3. The van der Waals surface area contributed by atoms with Crippen molar-refractivity contribution in [3.05, 3.63) is 0 Å². The van der Waals surface area contributed by atoms with Gasteiger partial charge in [-0.25, -0.2) is 0 Å². The molecule has 1 atom stereocenters. The first-order chi connectivity index (χ1) is 6.91. The van der Waals surface area contributed by atoms with E-state index in [9.17, 15) is 14.4 Å². The van der Waals surface area contributed by atoms with Crippen LogP contribution >= 0.6 is 0 Å². The number of likely N-dealkylation sites (N-methyl/N-ethyl adjacent to an activating group) is 1. The Morgan fingerprint density at radius 1 is 1.53 bits per heavy atom. The molecule has 0 radical (unpaired) electrons. The minimum Gasteiger partial charge on any atom is -0.369 e. The first-order valence-corrected chi connectivity index (χ1v) is 4.69. The third-order valence-electron chi connectivity index (χ3n) is 2.44. The Labute approximate surface area is 88.0 Å². The average molecular weight is 213 g/mol. The van der Waals surface area contributed by atoms with Crippen LogP contribution in [0.4, 0.5) is 0 Å². The monoisotopic (exact) mass is 213 g/mol. The minimum absolute atomic E-state index is 0.0234. The molecule has 1 fully saturated rings. The molecule has 0 bridgehead atoms. The fourth-order valence-corrected chi connectivity index (χ4v) is 1.42. The average Bonchev–Trinajstić information content (AvgIpc) is 2.47. The van der Waals surface area contributed by atoms with Crippen molar-refractivity contribution in [1.29, 1.82) is 0 Å². The van der Waals surface area contributed by atoms with Gasteiger partial charge in [-0.2, -0.15) is 0 Å². The highest BCUT2D eigenvalue weighted by Gasteiger charge is 2.34. The number of nitrogens with two attached hydrogens (primary N) is 1. The molecule has 0 aromatic carbocycles. The van der Waals surface area contributed by atoms with E-state index in [1.165, 1.54) is 9.80 Å². The lowest BCUT2D eigenvalue weighted by Gasteiger charge is -2.18. The van der Waals surface area contributed by atoms with Gasteiger partial charge in [0, 0.05) is 27.1 Å². The summed E-state index contributed by atoms with van der Waals surface area (Å²) in [5.41, 5.74) is 5.10. The van der Waals surface area contributed by atoms with Gasteiger partial charge in [0.25, 0.3) is 0 Å². The molecule has 6 nitrogen and oxygen atoms in total. The fraction of sp³-hybridized carbons (Fsp3) is 0.667. The predicted molar refractivity (Wildman–Crippen MR) is 52.6 cm³/mol. The van der Waals surface area contributed by atoms with Crippen LogP contribution in [0.1, 0.15) is 6.42 Å². The summed E-state index contributed by atoms with van der Waals surface area (Å²) in [6.07, 6.45) is 0.121. The molecular weight excluding hydrogens is 198 g/mol. The Kier molecular flexibility index (Phi) is 3.28. The van der Waals surface area contributed by atoms with Gasteiger partial charge in [0.1, 0.15) is 0 Å². The predicted octanol–water partition coefficient (Wildman–Crippen LogP) is -1.59. The topological polar surface area (TPSA) is 83.7 Å². The molecule has 15 heavy (non-hydrogen) atoms. The minimum atomic E-state index is -0.483. The van der Waals surface area contributed by atoms with Crippen molar-refractivity contribution in [1.82, 2.24) is 9.80 Å². The lowest BCUT2D eigenvalue weighted by atomic mass is 10.1. The molecule has 1 aliphatic heterocycles. The van der Waals surface area contributed by atoms with Crippen LogP contribution in [0.3, 0.4) is 0 Å². The van der Waals surface area contributed by atoms with Crippen molar-refractivity contribution in [2.45, 2.75) is 6.42 Å².